The van der Waals surface area contributed by atoms with Gasteiger partial charge in [0.05, 0.1) is 39.1 Å². The minimum Gasteiger partial charge on any atom is -0.497 e. The Morgan fingerprint density at radius 3 is 2.12 bits per heavy atom. The average molecular weight is 465 g/mol. The van der Waals surface area contributed by atoms with Crippen molar-refractivity contribution < 1.29 is 37.3 Å². The molecule has 3 aromatic rings. The Labute approximate surface area is 187 Å². The molecule has 0 radical (unpaired) electrons. The highest BCUT2D eigenvalue weighted by Gasteiger charge is 2.38. The number of rotatable bonds is 5. The Morgan fingerprint density at radius 1 is 1.03 bits per heavy atom. The van der Waals surface area contributed by atoms with Crippen LogP contribution in [0.1, 0.15) is 5.69 Å². The SMILES string of the molecule is COc1ccc(-c2c(C3=NCCN3)[nH]c3cc(OC)c(OC)cc23)cc1.O=C(O)C(F)(F)F. The zero-order valence-corrected chi connectivity index (χ0v) is 18.0. The van der Waals surface area contributed by atoms with Crippen LogP contribution in [-0.4, -0.2) is 62.5 Å². The lowest BCUT2D eigenvalue weighted by atomic mass is 10.0. The van der Waals surface area contributed by atoms with E-state index in [2.05, 4.69) is 27.4 Å². The second kappa shape index (κ2) is 9.72. The molecule has 0 amide bonds. The molecule has 2 aromatic carbocycles. The molecule has 2 heterocycles. The third-order valence-corrected chi connectivity index (χ3v) is 4.83. The number of methoxy groups -OCH3 is 3. The van der Waals surface area contributed by atoms with Crippen molar-refractivity contribution in [2.24, 2.45) is 4.99 Å². The number of hydrogen-bond acceptors (Lipinski definition) is 6. The second-order valence-corrected chi connectivity index (χ2v) is 6.82. The molecule has 1 aliphatic heterocycles. The summed E-state index contributed by atoms with van der Waals surface area (Å²) in [5.74, 6) is 0.334. The molecule has 176 valence electrons. The first-order valence-corrected chi connectivity index (χ1v) is 9.70. The van der Waals surface area contributed by atoms with Crippen molar-refractivity contribution in [1.29, 1.82) is 0 Å². The maximum atomic E-state index is 10.6. The molecule has 0 unspecified atom stereocenters. The topological polar surface area (TPSA) is 105 Å². The van der Waals surface area contributed by atoms with E-state index in [1.165, 1.54) is 0 Å². The highest BCUT2D eigenvalue weighted by Crippen LogP contribution is 2.39. The number of carboxylic acids is 1. The van der Waals surface area contributed by atoms with E-state index in [1.807, 2.05) is 24.3 Å². The summed E-state index contributed by atoms with van der Waals surface area (Å²) in [6.07, 6.45) is -5.08. The van der Waals surface area contributed by atoms with Crippen molar-refractivity contribution >= 4 is 22.7 Å². The predicted molar refractivity (Wildman–Crippen MR) is 116 cm³/mol. The van der Waals surface area contributed by atoms with Gasteiger partial charge in [-0.2, -0.15) is 13.2 Å². The van der Waals surface area contributed by atoms with Gasteiger partial charge >= 0.3 is 12.1 Å². The van der Waals surface area contributed by atoms with Gasteiger partial charge in [0.2, 0.25) is 0 Å². The van der Waals surface area contributed by atoms with Gasteiger partial charge in [0, 0.05) is 23.6 Å². The van der Waals surface area contributed by atoms with Crippen LogP contribution in [0.5, 0.6) is 17.2 Å². The summed E-state index contributed by atoms with van der Waals surface area (Å²) in [4.78, 5) is 17.0. The van der Waals surface area contributed by atoms with Crippen LogP contribution >= 0.6 is 0 Å². The summed E-state index contributed by atoms with van der Waals surface area (Å²) in [6.45, 7) is 1.62. The molecule has 3 N–H and O–H groups in total. The monoisotopic (exact) mass is 465 g/mol. The number of H-pyrrole nitrogens is 1. The molecule has 0 saturated heterocycles. The predicted octanol–water partition coefficient (Wildman–Crippen LogP) is 3.84. The van der Waals surface area contributed by atoms with E-state index >= 15 is 0 Å². The van der Waals surface area contributed by atoms with E-state index in [1.54, 1.807) is 21.3 Å². The molecule has 1 aromatic heterocycles. The molecule has 0 fully saturated rings. The van der Waals surface area contributed by atoms with Crippen LogP contribution in [0.2, 0.25) is 0 Å². The molecule has 0 atom stereocenters. The van der Waals surface area contributed by atoms with Crippen molar-refractivity contribution in [3.63, 3.8) is 0 Å². The number of aliphatic carboxylic acids is 1. The first-order valence-electron chi connectivity index (χ1n) is 9.70. The number of amidine groups is 1. The number of carbonyl (C=O) groups is 1. The fourth-order valence-electron chi connectivity index (χ4n) is 3.32. The summed E-state index contributed by atoms with van der Waals surface area (Å²) in [5.41, 5.74) is 4.10. The quantitative estimate of drug-likeness (QED) is 0.529. The molecule has 0 spiro atoms. The fraction of sp³-hybridized carbons (Fsp3) is 0.273. The number of aliphatic imine (C=N–C) groups is 1. The lowest BCUT2D eigenvalue weighted by Gasteiger charge is -2.09. The minimum absolute atomic E-state index is 0.690. The molecule has 8 nitrogen and oxygen atoms in total. The Bertz CT molecular complexity index is 1170. The largest absolute Gasteiger partial charge is 0.497 e. The number of carboxylic acid groups (broad SMARTS) is 1. The van der Waals surface area contributed by atoms with E-state index in [0.717, 1.165) is 52.4 Å². The smallest absolute Gasteiger partial charge is 0.490 e. The zero-order chi connectivity index (χ0) is 24.2. The first-order chi connectivity index (χ1) is 15.7. The van der Waals surface area contributed by atoms with Crippen LogP contribution in [0.3, 0.4) is 0 Å². The summed E-state index contributed by atoms with van der Waals surface area (Å²) in [5, 5.41) is 11.5. The normalized spacial score (nSPS) is 13.0. The fourth-order valence-corrected chi connectivity index (χ4v) is 3.32. The number of nitrogens with zero attached hydrogens (tertiary/aromatic N) is 1. The summed E-state index contributed by atoms with van der Waals surface area (Å²) < 4.78 is 48.0. The van der Waals surface area contributed by atoms with Gasteiger partial charge in [-0.05, 0) is 23.8 Å². The number of alkyl halides is 3. The van der Waals surface area contributed by atoms with E-state index < -0.39 is 12.1 Å². The molecular formula is C22H22F3N3O5. The second-order valence-electron chi connectivity index (χ2n) is 6.82. The van der Waals surface area contributed by atoms with Crippen molar-refractivity contribution in [2.75, 3.05) is 34.4 Å². The van der Waals surface area contributed by atoms with E-state index in [0.29, 0.717) is 11.5 Å². The van der Waals surface area contributed by atoms with Gasteiger partial charge in [-0.25, -0.2) is 4.79 Å². The molecule has 1 aliphatic rings. The number of hydrogen-bond donors (Lipinski definition) is 3. The summed E-state index contributed by atoms with van der Waals surface area (Å²) in [7, 11) is 4.95. The van der Waals surface area contributed by atoms with Crippen LogP contribution in [0.4, 0.5) is 13.2 Å². The number of aromatic nitrogens is 1. The van der Waals surface area contributed by atoms with Crippen LogP contribution < -0.4 is 19.5 Å². The van der Waals surface area contributed by atoms with E-state index in [-0.39, 0.29) is 0 Å². The standard InChI is InChI=1S/C20H21N3O3.C2HF3O2/c1-24-13-6-4-12(5-7-13)18-14-10-16(25-2)17(26-3)11-15(14)23-19(18)20-21-8-9-22-20;3-2(4,5)1(6)7/h4-7,10-11,23H,8-9H2,1-3H3,(H,21,22);(H,6,7). The highest BCUT2D eigenvalue weighted by molar-refractivity contribution is 6.12. The van der Waals surface area contributed by atoms with Gasteiger partial charge in [-0.15, -0.1) is 0 Å². The summed E-state index contributed by atoms with van der Waals surface area (Å²) in [6, 6.07) is 12.0. The molecule has 4 rings (SSSR count). The van der Waals surface area contributed by atoms with Gasteiger partial charge in [0.25, 0.3) is 0 Å². The lowest BCUT2D eigenvalue weighted by Crippen LogP contribution is -2.21. The minimum atomic E-state index is -5.08. The van der Waals surface area contributed by atoms with Crippen molar-refractivity contribution in [3.05, 3.63) is 42.1 Å². The van der Waals surface area contributed by atoms with Crippen LogP contribution in [0.15, 0.2) is 41.4 Å². The van der Waals surface area contributed by atoms with Gasteiger partial charge in [-0.3, -0.25) is 4.99 Å². The third kappa shape index (κ3) is 5.13. The molecule has 0 saturated carbocycles. The Morgan fingerprint density at radius 2 is 1.64 bits per heavy atom. The third-order valence-electron chi connectivity index (χ3n) is 4.83. The summed E-state index contributed by atoms with van der Waals surface area (Å²) >= 11 is 0. The van der Waals surface area contributed by atoms with Crippen molar-refractivity contribution in [3.8, 4) is 28.4 Å². The van der Waals surface area contributed by atoms with Gasteiger partial charge in [0.15, 0.2) is 11.5 Å². The van der Waals surface area contributed by atoms with Crippen molar-refractivity contribution in [1.82, 2.24) is 10.3 Å². The number of ether oxygens (including phenoxy) is 3. The van der Waals surface area contributed by atoms with E-state index in [4.69, 9.17) is 24.1 Å². The van der Waals surface area contributed by atoms with Crippen molar-refractivity contribution in [2.45, 2.75) is 6.18 Å². The average Bonchev–Trinajstić information content (AvgIpc) is 3.45. The number of halogens is 3. The number of benzene rings is 2. The van der Waals surface area contributed by atoms with E-state index in [9.17, 15) is 13.2 Å². The van der Waals surface area contributed by atoms with Crippen LogP contribution in [0.25, 0.3) is 22.0 Å². The maximum absolute atomic E-state index is 10.6. The Balaban J connectivity index is 0.000000383. The Kier molecular flexibility index (Phi) is 7.00. The van der Waals surface area contributed by atoms with Crippen LogP contribution in [0, 0.1) is 0 Å². The lowest BCUT2D eigenvalue weighted by molar-refractivity contribution is -0.192. The maximum Gasteiger partial charge on any atom is 0.490 e. The van der Waals surface area contributed by atoms with Gasteiger partial charge in [0.1, 0.15) is 11.6 Å². The number of nitrogens with one attached hydrogen (secondary N) is 2. The number of fused-ring (bicyclic) bond motifs is 1. The highest BCUT2D eigenvalue weighted by atomic mass is 19.4. The first kappa shape index (κ1) is 23.8. The van der Waals surface area contributed by atoms with Gasteiger partial charge in [-0.1, -0.05) is 12.1 Å². The molecule has 0 bridgehead atoms. The molecular weight excluding hydrogens is 443 g/mol. The number of aromatic amines is 1. The van der Waals surface area contributed by atoms with Gasteiger partial charge < -0.3 is 29.6 Å². The zero-order valence-electron chi connectivity index (χ0n) is 18.0. The molecule has 33 heavy (non-hydrogen) atoms. The molecule has 0 aliphatic carbocycles. The van der Waals surface area contributed by atoms with Crippen LogP contribution in [-0.2, 0) is 4.79 Å². The molecule has 11 heteroatoms. The Hall–Kier alpha value is -3.89.